The summed E-state index contributed by atoms with van der Waals surface area (Å²) in [7, 11) is 0. The Bertz CT molecular complexity index is 351. The molecule has 0 aliphatic heterocycles. The van der Waals surface area contributed by atoms with Gasteiger partial charge in [0.25, 0.3) is 0 Å². The van der Waals surface area contributed by atoms with Crippen molar-refractivity contribution in [2.45, 2.75) is 32.6 Å². The van der Waals surface area contributed by atoms with Gasteiger partial charge in [0, 0.05) is 0 Å². The molecule has 1 aromatic carbocycles. The Kier molecular flexibility index (Phi) is 1.27. The summed E-state index contributed by atoms with van der Waals surface area (Å²) >= 11 is 0. The molecule has 0 heterocycles. The molecule has 0 aromatic heterocycles. The summed E-state index contributed by atoms with van der Waals surface area (Å²) in [4.78, 5) is 0. The molecule has 1 radical (unpaired) electrons. The lowest BCUT2D eigenvalue weighted by atomic mass is 9.89. The number of rotatable bonds is 1. The highest BCUT2D eigenvalue weighted by Crippen LogP contribution is 2.70. The maximum absolute atomic E-state index is 2.32. The van der Waals surface area contributed by atoms with Crippen LogP contribution in [0.5, 0.6) is 0 Å². The number of fused-ring (bicyclic) bond motifs is 3. The minimum atomic E-state index is 0.587. The largest absolute Gasteiger partial charge is 0.0620 e. The van der Waals surface area contributed by atoms with Crippen LogP contribution in [-0.4, -0.2) is 0 Å². The van der Waals surface area contributed by atoms with E-state index >= 15 is 0 Å². The minimum Gasteiger partial charge on any atom is -0.0620 e. The zero-order chi connectivity index (χ0) is 9.05. The fourth-order valence-corrected chi connectivity index (χ4v) is 3.01. The average Bonchev–Trinajstić information content (AvgIpc) is 2.76. The molecule has 0 bridgehead atoms. The SMILES string of the molecule is C[C](C)C12Cc3ccccc3C1C2. The van der Waals surface area contributed by atoms with Gasteiger partial charge in [-0.2, -0.15) is 0 Å². The maximum Gasteiger partial charge on any atom is -0.00881 e. The molecular formula is C13H15. The highest BCUT2D eigenvalue weighted by molar-refractivity contribution is 5.48. The smallest absolute Gasteiger partial charge is 0.00881 e. The predicted molar refractivity (Wildman–Crippen MR) is 54.5 cm³/mol. The quantitative estimate of drug-likeness (QED) is 0.608. The van der Waals surface area contributed by atoms with Gasteiger partial charge in [-0.05, 0) is 41.2 Å². The van der Waals surface area contributed by atoms with E-state index in [9.17, 15) is 0 Å². The van der Waals surface area contributed by atoms with E-state index in [1.54, 1.807) is 17.0 Å². The van der Waals surface area contributed by atoms with Crippen molar-refractivity contribution in [1.29, 1.82) is 0 Å². The molecule has 13 heavy (non-hydrogen) atoms. The zero-order valence-electron chi connectivity index (χ0n) is 8.30. The highest BCUT2D eigenvalue weighted by atomic mass is 14.6. The van der Waals surface area contributed by atoms with Gasteiger partial charge in [-0.25, -0.2) is 0 Å². The van der Waals surface area contributed by atoms with Crippen molar-refractivity contribution >= 4 is 0 Å². The Morgan fingerprint density at radius 3 is 2.77 bits per heavy atom. The maximum atomic E-state index is 2.32. The first-order valence-corrected chi connectivity index (χ1v) is 5.12. The number of benzene rings is 1. The van der Waals surface area contributed by atoms with Crippen LogP contribution in [0.3, 0.4) is 0 Å². The first kappa shape index (κ1) is 7.61. The monoisotopic (exact) mass is 171 g/mol. The lowest BCUT2D eigenvalue weighted by Gasteiger charge is -2.15. The molecule has 0 N–H and O–H groups in total. The summed E-state index contributed by atoms with van der Waals surface area (Å²) in [5.74, 6) is 2.50. The van der Waals surface area contributed by atoms with Gasteiger partial charge >= 0.3 is 0 Å². The van der Waals surface area contributed by atoms with Gasteiger partial charge in [-0.1, -0.05) is 38.1 Å². The van der Waals surface area contributed by atoms with E-state index in [0.717, 1.165) is 5.92 Å². The third-order valence-corrected chi connectivity index (χ3v) is 4.01. The summed E-state index contributed by atoms with van der Waals surface area (Å²) in [5, 5.41) is 0. The van der Waals surface area contributed by atoms with Crippen LogP contribution in [0.25, 0.3) is 0 Å². The van der Waals surface area contributed by atoms with Crippen LogP contribution >= 0.6 is 0 Å². The highest BCUT2D eigenvalue weighted by Gasteiger charge is 2.60. The summed E-state index contributed by atoms with van der Waals surface area (Å²) in [6.45, 7) is 4.60. The third-order valence-electron chi connectivity index (χ3n) is 4.01. The summed E-state index contributed by atoms with van der Waals surface area (Å²) in [6, 6.07) is 8.96. The van der Waals surface area contributed by atoms with Gasteiger partial charge in [0.15, 0.2) is 0 Å². The van der Waals surface area contributed by atoms with Gasteiger partial charge in [0.2, 0.25) is 0 Å². The molecule has 0 nitrogen and oxygen atoms in total. The van der Waals surface area contributed by atoms with Crippen LogP contribution in [0.15, 0.2) is 24.3 Å². The van der Waals surface area contributed by atoms with E-state index in [0.29, 0.717) is 5.41 Å². The second-order valence-corrected chi connectivity index (χ2v) is 4.79. The predicted octanol–water partition coefficient (Wildman–Crippen LogP) is 3.33. The molecule has 0 spiro atoms. The summed E-state index contributed by atoms with van der Waals surface area (Å²) < 4.78 is 0. The molecular weight excluding hydrogens is 156 g/mol. The third kappa shape index (κ3) is 0.815. The Balaban J connectivity index is 2.04. The van der Waals surface area contributed by atoms with E-state index in [2.05, 4.69) is 38.1 Å². The molecule has 2 unspecified atom stereocenters. The molecule has 0 amide bonds. The van der Waals surface area contributed by atoms with Gasteiger partial charge in [-0.15, -0.1) is 0 Å². The fraction of sp³-hybridized carbons (Fsp3) is 0.462. The van der Waals surface area contributed by atoms with Crippen LogP contribution in [-0.2, 0) is 6.42 Å². The minimum absolute atomic E-state index is 0.587. The molecule has 2 atom stereocenters. The number of hydrogen-bond donors (Lipinski definition) is 0. The van der Waals surface area contributed by atoms with Gasteiger partial charge < -0.3 is 0 Å². The zero-order valence-corrected chi connectivity index (χ0v) is 8.30. The molecule has 2 aliphatic rings. The van der Waals surface area contributed by atoms with Crippen LogP contribution in [0.1, 0.15) is 37.3 Å². The first-order valence-electron chi connectivity index (χ1n) is 5.12. The van der Waals surface area contributed by atoms with Gasteiger partial charge in [0.05, 0.1) is 0 Å². The van der Waals surface area contributed by atoms with Crippen molar-refractivity contribution in [2.75, 3.05) is 0 Å². The lowest BCUT2D eigenvalue weighted by Crippen LogP contribution is -2.08. The molecule has 1 aromatic rings. The molecule has 0 heteroatoms. The van der Waals surface area contributed by atoms with Crippen molar-refractivity contribution in [1.82, 2.24) is 0 Å². The average molecular weight is 171 g/mol. The molecule has 0 saturated heterocycles. The molecule has 67 valence electrons. The van der Waals surface area contributed by atoms with Crippen LogP contribution < -0.4 is 0 Å². The van der Waals surface area contributed by atoms with Crippen molar-refractivity contribution < 1.29 is 0 Å². The van der Waals surface area contributed by atoms with Crippen LogP contribution in [0.2, 0.25) is 0 Å². The van der Waals surface area contributed by atoms with Crippen molar-refractivity contribution in [3.05, 3.63) is 41.3 Å². The van der Waals surface area contributed by atoms with E-state index in [4.69, 9.17) is 0 Å². The Morgan fingerprint density at radius 2 is 2.08 bits per heavy atom. The second-order valence-electron chi connectivity index (χ2n) is 4.79. The Hall–Kier alpha value is -0.780. The van der Waals surface area contributed by atoms with Gasteiger partial charge in [0.1, 0.15) is 0 Å². The van der Waals surface area contributed by atoms with Crippen LogP contribution in [0, 0.1) is 11.3 Å². The summed E-state index contributed by atoms with van der Waals surface area (Å²) in [5.41, 5.74) is 3.81. The summed E-state index contributed by atoms with van der Waals surface area (Å²) in [6.07, 6.45) is 2.71. The molecule has 1 saturated carbocycles. The number of hydrogen-bond acceptors (Lipinski definition) is 0. The first-order chi connectivity index (χ1) is 6.24. The molecule has 2 aliphatic carbocycles. The lowest BCUT2D eigenvalue weighted by molar-refractivity contribution is 0.537. The molecule has 3 rings (SSSR count). The van der Waals surface area contributed by atoms with Crippen LogP contribution in [0.4, 0.5) is 0 Å². The Labute approximate surface area is 80.0 Å². The van der Waals surface area contributed by atoms with E-state index in [1.165, 1.54) is 12.8 Å². The second kappa shape index (κ2) is 2.17. The normalized spacial score (nSPS) is 34.5. The van der Waals surface area contributed by atoms with Crippen molar-refractivity contribution in [3.63, 3.8) is 0 Å². The van der Waals surface area contributed by atoms with Crippen molar-refractivity contribution in [2.24, 2.45) is 5.41 Å². The fourth-order valence-electron chi connectivity index (χ4n) is 3.01. The van der Waals surface area contributed by atoms with E-state index in [1.807, 2.05) is 0 Å². The van der Waals surface area contributed by atoms with Gasteiger partial charge in [-0.3, -0.25) is 0 Å². The van der Waals surface area contributed by atoms with E-state index < -0.39 is 0 Å². The topological polar surface area (TPSA) is 0 Å². The Morgan fingerprint density at radius 1 is 1.31 bits per heavy atom. The standard InChI is InChI=1S/C13H15/c1-9(2)13-7-10-5-3-4-6-11(10)12(13)8-13/h3-6,12H,7-8H2,1-2H3. The molecule has 1 fully saturated rings. The van der Waals surface area contributed by atoms with E-state index in [-0.39, 0.29) is 0 Å². The van der Waals surface area contributed by atoms with Crippen molar-refractivity contribution in [3.8, 4) is 0 Å².